The second-order valence-corrected chi connectivity index (χ2v) is 5.30. The molecule has 0 atom stereocenters. The van der Waals surface area contributed by atoms with Crippen molar-refractivity contribution in [2.24, 2.45) is 10.7 Å². The van der Waals surface area contributed by atoms with E-state index in [0.29, 0.717) is 32.1 Å². The quantitative estimate of drug-likeness (QED) is 0.379. The maximum absolute atomic E-state index is 12.4. The lowest BCUT2D eigenvalue weighted by Gasteiger charge is -2.35. The van der Waals surface area contributed by atoms with Crippen molar-refractivity contribution in [3.05, 3.63) is 30.1 Å². The van der Waals surface area contributed by atoms with Crippen molar-refractivity contribution in [1.82, 2.24) is 30.0 Å². The van der Waals surface area contributed by atoms with Gasteiger partial charge in [-0.25, -0.2) is 19.9 Å². The highest BCUT2D eigenvalue weighted by Crippen LogP contribution is 2.25. The molecule has 9 nitrogen and oxygen atoms in total. The fraction of sp³-hybridized carbons (Fsp3) is 0.462. The molecule has 0 amide bonds. The van der Waals surface area contributed by atoms with E-state index in [4.69, 9.17) is 5.73 Å². The van der Waals surface area contributed by atoms with E-state index in [1.165, 1.54) is 0 Å². The number of anilines is 1. The molecule has 142 valence electrons. The first-order chi connectivity index (χ1) is 11.9. The van der Waals surface area contributed by atoms with Gasteiger partial charge in [0.05, 0.1) is 0 Å². The Labute approximate surface area is 163 Å². The second-order valence-electron chi connectivity index (χ2n) is 5.30. The average molecular weight is 483 g/mol. The molecule has 26 heavy (non-hydrogen) atoms. The Hall–Kier alpha value is -2.19. The van der Waals surface area contributed by atoms with Crippen LogP contribution >= 0.6 is 24.0 Å². The normalized spacial score (nSPS) is 15.7. The monoisotopic (exact) mass is 483 g/mol. The van der Waals surface area contributed by atoms with Gasteiger partial charge < -0.3 is 15.5 Å². The van der Waals surface area contributed by atoms with Crippen molar-refractivity contribution in [2.45, 2.75) is 12.7 Å². The first-order valence-corrected chi connectivity index (χ1v) is 7.49. The molecule has 2 aromatic heterocycles. The Morgan fingerprint density at radius 3 is 2.42 bits per heavy atom. The molecule has 0 saturated carbocycles. The van der Waals surface area contributed by atoms with Crippen molar-refractivity contribution < 1.29 is 13.2 Å². The second kappa shape index (κ2) is 8.46. The molecule has 0 aliphatic carbocycles. The summed E-state index contributed by atoms with van der Waals surface area (Å²) in [6, 6.07) is 1.75. The van der Waals surface area contributed by atoms with E-state index in [0.717, 1.165) is 0 Å². The fourth-order valence-corrected chi connectivity index (χ4v) is 2.34. The minimum atomic E-state index is -4.58. The Kier molecular flexibility index (Phi) is 6.55. The molecule has 13 heteroatoms. The highest BCUT2D eigenvalue weighted by atomic mass is 127. The van der Waals surface area contributed by atoms with Crippen molar-refractivity contribution in [3.63, 3.8) is 0 Å². The summed E-state index contributed by atoms with van der Waals surface area (Å²) in [7, 11) is 0. The van der Waals surface area contributed by atoms with E-state index >= 15 is 0 Å². The molecular formula is C13H17F3IN9. The van der Waals surface area contributed by atoms with Crippen LogP contribution in [0.3, 0.4) is 0 Å². The summed E-state index contributed by atoms with van der Waals surface area (Å²) in [5.41, 5.74) is 5.91. The van der Waals surface area contributed by atoms with E-state index < -0.39 is 12.0 Å². The average Bonchev–Trinajstić information content (AvgIpc) is 3.10. The number of alkyl halides is 3. The molecule has 3 rings (SSSR count). The Morgan fingerprint density at radius 2 is 1.85 bits per heavy atom. The highest BCUT2D eigenvalue weighted by molar-refractivity contribution is 14.0. The largest absolute Gasteiger partial charge is 0.453 e. The molecule has 1 aliphatic heterocycles. The third-order valence-corrected chi connectivity index (χ3v) is 3.61. The van der Waals surface area contributed by atoms with Crippen LogP contribution in [-0.4, -0.2) is 62.2 Å². The van der Waals surface area contributed by atoms with Crippen molar-refractivity contribution >= 4 is 35.9 Å². The zero-order valence-corrected chi connectivity index (χ0v) is 15.8. The molecule has 0 spiro atoms. The van der Waals surface area contributed by atoms with E-state index in [1.807, 2.05) is 9.80 Å². The SMILES string of the molecule is I.NC(=NCc1nc(C(F)(F)F)n[nH]1)N1CCN(c2ncccn2)CC1. The topological polar surface area (TPSA) is 112 Å². The molecular weight excluding hydrogens is 466 g/mol. The molecule has 0 radical (unpaired) electrons. The van der Waals surface area contributed by atoms with Gasteiger partial charge in [0.25, 0.3) is 5.82 Å². The van der Waals surface area contributed by atoms with Gasteiger partial charge >= 0.3 is 6.18 Å². The number of nitrogens with two attached hydrogens (primary N) is 1. The molecule has 0 unspecified atom stereocenters. The Balaban J connectivity index is 0.00000243. The summed E-state index contributed by atoms with van der Waals surface area (Å²) in [6.07, 6.45) is -1.23. The summed E-state index contributed by atoms with van der Waals surface area (Å²) in [5, 5.41) is 5.33. The third kappa shape index (κ3) is 4.92. The number of nitrogens with one attached hydrogen (secondary N) is 1. The molecule has 3 heterocycles. The van der Waals surface area contributed by atoms with Crippen LogP contribution in [0.2, 0.25) is 0 Å². The summed E-state index contributed by atoms with van der Waals surface area (Å²) in [5.74, 6) is -0.308. The molecule has 1 fully saturated rings. The highest BCUT2D eigenvalue weighted by Gasteiger charge is 2.36. The number of aromatic amines is 1. The maximum Gasteiger partial charge on any atom is 0.453 e. The summed E-state index contributed by atoms with van der Waals surface area (Å²) < 4.78 is 37.3. The summed E-state index contributed by atoms with van der Waals surface area (Å²) in [4.78, 5) is 19.7. The number of nitrogens with zero attached hydrogens (tertiary/aromatic N) is 7. The third-order valence-electron chi connectivity index (χ3n) is 3.61. The lowest BCUT2D eigenvalue weighted by atomic mass is 10.3. The van der Waals surface area contributed by atoms with Crippen LogP contribution in [0.15, 0.2) is 23.5 Å². The van der Waals surface area contributed by atoms with E-state index in [2.05, 4.69) is 30.1 Å². The molecule has 2 aromatic rings. The van der Waals surface area contributed by atoms with Gasteiger partial charge in [-0.3, -0.25) is 5.10 Å². The van der Waals surface area contributed by atoms with Gasteiger partial charge in [-0.2, -0.15) is 13.2 Å². The van der Waals surface area contributed by atoms with Crippen LogP contribution in [0.1, 0.15) is 11.6 Å². The number of aromatic nitrogens is 5. The van der Waals surface area contributed by atoms with Crippen molar-refractivity contribution in [3.8, 4) is 0 Å². The van der Waals surface area contributed by atoms with Crippen LogP contribution in [0.5, 0.6) is 0 Å². The first-order valence-electron chi connectivity index (χ1n) is 7.49. The van der Waals surface area contributed by atoms with E-state index in [-0.39, 0.29) is 42.3 Å². The number of aliphatic imine (C=N–C) groups is 1. The Bertz CT molecular complexity index is 726. The molecule has 1 saturated heterocycles. The summed E-state index contributed by atoms with van der Waals surface area (Å²) >= 11 is 0. The number of hydrogen-bond donors (Lipinski definition) is 2. The number of halogens is 4. The lowest BCUT2D eigenvalue weighted by molar-refractivity contribution is -0.144. The number of hydrogen-bond acceptors (Lipinski definition) is 6. The minimum absolute atomic E-state index is 0. The number of guanidine groups is 1. The smallest absolute Gasteiger partial charge is 0.370 e. The standard InChI is InChI=1S/C13H16F3N9.HI/c14-13(15,16)10-21-9(22-23-10)8-20-11(17)24-4-6-25(7-5-24)12-18-2-1-3-19-12;/h1-3H,4-8H2,(H2,17,20)(H,21,22,23);1H. The fourth-order valence-electron chi connectivity index (χ4n) is 2.34. The van der Waals surface area contributed by atoms with Crippen LogP contribution in [-0.2, 0) is 12.7 Å². The Morgan fingerprint density at radius 1 is 1.19 bits per heavy atom. The van der Waals surface area contributed by atoms with Crippen molar-refractivity contribution in [1.29, 1.82) is 0 Å². The van der Waals surface area contributed by atoms with Crippen molar-refractivity contribution in [2.75, 3.05) is 31.1 Å². The van der Waals surface area contributed by atoms with Gasteiger partial charge in [0.1, 0.15) is 12.4 Å². The van der Waals surface area contributed by atoms with Crippen LogP contribution < -0.4 is 10.6 Å². The zero-order valence-electron chi connectivity index (χ0n) is 13.5. The van der Waals surface area contributed by atoms with Crippen LogP contribution in [0, 0.1) is 0 Å². The minimum Gasteiger partial charge on any atom is -0.370 e. The van der Waals surface area contributed by atoms with Gasteiger partial charge in [-0.1, -0.05) is 0 Å². The van der Waals surface area contributed by atoms with Gasteiger partial charge in [0, 0.05) is 38.6 Å². The van der Waals surface area contributed by atoms with E-state index in [1.54, 1.807) is 18.5 Å². The number of H-pyrrole nitrogens is 1. The maximum atomic E-state index is 12.4. The molecule has 1 aliphatic rings. The van der Waals surface area contributed by atoms with E-state index in [9.17, 15) is 13.2 Å². The van der Waals surface area contributed by atoms with Gasteiger partial charge in [0.15, 0.2) is 5.96 Å². The predicted molar refractivity (Wildman–Crippen MR) is 97.9 cm³/mol. The van der Waals surface area contributed by atoms with Gasteiger partial charge in [-0.15, -0.1) is 29.1 Å². The zero-order chi connectivity index (χ0) is 17.9. The summed E-state index contributed by atoms with van der Waals surface area (Å²) in [6.45, 7) is 2.45. The number of rotatable bonds is 3. The number of piperazine rings is 1. The lowest BCUT2D eigenvalue weighted by Crippen LogP contribution is -2.51. The predicted octanol–water partition coefficient (Wildman–Crippen LogP) is 0.868. The van der Waals surface area contributed by atoms with Crippen LogP contribution in [0.4, 0.5) is 19.1 Å². The van der Waals surface area contributed by atoms with Crippen LogP contribution in [0.25, 0.3) is 0 Å². The first kappa shape index (κ1) is 20.1. The molecule has 0 aromatic carbocycles. The molecule has 3 N–H and O–H groups in total. The molecule has 0 bridgehead atoms. The van der Waals surface area contributed by atoms with Gasteiger partial charge in [-0.05, 0) is 6.07 Å². The van der Waals surface area contributed by atoms with Gasteiger partial charge in [0.2, 0.25) is 5.95 Å².